The summed E-state index contributed by atoms with van der Waals surface area (Å²) in [6.45, 7) is 4.62. The second-order valence-corrected chi connectivity index (χ2v) is 20.0. The molecule has 3 fully saturated rings. The minimum Gasteiger partial charge on any atom is -0.497 e. The van der Waals surface area contributed by atoms with Crippen LogP contribution in [0.5, 0.6) is 17.4 Å². The predicted octanol–water partition coefficient (Wildman–Crippen LogP) is 6.34. The van der Waals surface area contributed by atoms with Gasteiger partial charge in [0.15, 0.2) is 11.6 Å². The Hall–Kier alpha value is -5.66. The third-order valence-electron chi connectivity index (χ3n) is 12.6. The lowest BCUT2D eigenvalue weighted by molar-refractivity contribution is -0.244. The highest BCUT2D eigenvalue weighted by Crippen LogP contribution is 2.46. The Balaban J connectivity index is 1.27. The Morgan fingerprint density at radius 2 is 1.72 bits per heavy atom. The standard InChI is InChI=1S/C45H53F4N5O10S/c1-24-9-7-8-10-28-22-44(28,41(57)53-65(59,60)31-13-14-31)52-38(55)35-21-30(23-54(35)40(56)37(25(2)17-24)51-42(58)64-43(3,4)45(47,48)49)63-39-32-15-12-29(61-5)18-27(32)20-34(50-39)26-11-16-36(62-6)33(46)19-26/h8,10-12,15-16,18-20,24-25,28,30-31,35,37H,7,9,13-14,17,21-23H2,1-6H3,(H,51,58)(H,52,55)(H,53,57)/t24-,25-,28-,30-,35+,37+,44-/m1/s1. The molecule has 352 valence electrons. The van der Waals surface area contributed by atoms with Gasteiger partial charge >= 0.3 is 12.3 Å². The highest BCUT2D eigenvalue weighted by atomic mass is 32.2. The van der Waals surface area contributed by atoms with Crippen LogP contribution < -0.4 is 29.6 Å². The van der Waals surface area contributed by atoms with Crippen LogP contribution in [0.15, 0.2) is 54.6 Å². The molecular formula is C45H53F4N5O10S. The maximum atomic E-state index is 15.0. The molecule has 2 saturated carbocycles. The first-order valence-electron chi connectivity index (χ1n) is 21.5. The van der Waals surface area contributed by atoms with Crippen LogP contribution in [0.1, 0.15) is 72.6 Å². The molecule has 3 heterocycles. The summed E-state index contributed by atoms with van der Waals surface area (Å²) in [4.78, 5) is 62.7. The molecule has 0 bridgehead atoms. The molecule has 3 N–H and O–H groups in total. The number of pyridine rings is 1. The van der Waals surface area contributed by atoms with Gasteiger partial charge in [-0.1, -0.05) is 26.0 Å². The fraction of sp³-hybridized carbons (Fsp3) is 0.533. The SMILES string of the molecule is COc1ccc2c(O[C@@H]3C[C@H]4C(=O)N[C@]5(C(=O)NS(=O)(=O)C6CC6)C[C@H]5C=CCC[C@@H](C)C[C@@H](C)[C@H](NC(=O)OC(C)(C)C(F)(F)F)C(=O)N4C3)nc(-c3ccc(OC)c(F)c3)cc2c1. The third kappa shape index (κ3) is 10.1. The summed E-state index contributed by atoms with van der Waals surface area (Å²) >= 11 is 0. The highest BCUT2D eigenvalue weighted by molar-refractivity contribution is 7.91. The second kappa shape index (κ2) is 18.0. The van der Waals surface area contributed by atoms with Gasteiger partial charge < -0.3 is 34.5 Å². The molecule has 0 spiro atoms. The van der Waals surface area contributed by atoms with Crippen molar-refractivity contribution in [1.29, 1.82) is 0 Å². The molecular weight excluding hydrogens is 879 g/mol. The first-order chi connectivity index (χ1) is 30.5. The lowest BCUT2D eigenvalue weighted by Crippen LogP contribution is -2.59. The van der Waals surface area contributed by atoms with Crippen molar-refractivity contribution in [3.63, 3.8) is 0 Å². The van der Waals surface area contributed by atoms with Crippen molar-refractivity contribution >= 4 is 44.6 Å². The third-order valence-corrected chi connectivity index (χ3v) is 14.5. The van der Waals surface area contributed by atoms with Gasteiger partial charge in [-0.15, -0.1) is 0 Å². The number of benzene rings is 2. The normalized spacial score (nSPS) is 26.5. The van der Waals surface area contributed by atoms with Gasteiger partial charge in [-0.3, -0.25) is 19.1 Å². The van der Waals surface area contributed by atoms with Crippen LogP contribution in [0.4, 0.5) is 22.4 Å². The molecule has 7 rings (SSSR count). The summed E-state index contributed by atoms with van der Waals surface area (Å²) in [5, 5.41) is 5.49. The Bertz CT molecular complexity index is 2500. The number of hydrogen-bond acceptors (Lipinski definition) is 11. The van der Waals surface area contributed by atoms with E-state index in [1.54, 1.807) is 43.3 Å². The van der Waals surface area contributed by atoms with Crippen molar-refractivity contribution in [3.05, 3.63) is 60.4 Å². The number of hydrogen-bond donors (Lipinski definition) is 3. The number of halogens is 4. The van der Waals surface area contributed by atoms with Crippen LogP contribution in [0.2, 0.25) is 0 Å². The van der Waals surface area contributed by atoms with E-state index < -0.39 is 92.2 Å². The molecule has 4 aliphatic rings. The molecule has 1 aromatic heterocycles. The monoisotopic (exact) mass is 931 g/mol. The molecule has 7 atom stereocenters. The Kier molecular flexibility index (Phi) is 13.1. The smallest absolute Gasteiger partial charge is 0.427 e. The zero-order valence-electron chi connectivity index (χ0n) is 36.8. The van der Waals surface area contributed by atoms with E-state index in [9.17, 15) is 45.2 Å². The lowest BCUT2D eigenvalue weighted by Gasteiger charge is -2.34. The molecule has 15 nitrogen and oxygen atoms in total. The van der Waals surface area contributed by atoms with E-state index in [2.05, 4.69) is 15.4 Å². The van der Waals surface area contributed by atoms with Crippen LogP contribution in [-0.4, -0.2) is 104 Å². The number of rotatable bonds is 10. The lowest BCUT2D eigenvalue weighted by atomic mass is 9.88. The quantitative estimate of drug-likeness (QED) is 0.152. The average molecular weight is 932 g/mol. The van der Waals surface area contributed by atoms with Gasteiger partial charge in [0.1, 0.15) is 29.5 Å². The number of carbonyl (C=O) groups excluding carboxylic acids is 4. The van der Waals surface area contributed by atoms with E-state index >= 15 is 0 Å². The van der Waals surface area contributed by atoms with Crippen molar-refractivity contribution in [2.45, 2.75) is 113 Å². The molecule has 2 aliphatic heterocycles. The van der Waals surface area contributed by atoms with E-state index in [0.29, 0.717) is 73.7 Å². The summed E-state index contributed by atoms with van der Waals surface area (Å²) in [6.07, 6.45) is -1.81. The fourth-order valence-electron chi connectivity index (χ4n) is 8.50. The maximum absolute atomic E-state index is 15.0. The molecule has 4 amide bonds. The second-order valence-electron chi connectivity index (χ2n) is 18.0. The number of sulfonamides is 1. The van der Waals surface area contributed by atoms with Gasteiger partial charge in [-0.25, -0.2) is 22.6 Å². The van der Waals surface area contributed by atoms with Gasteiger partial charge in [0.05, 0.1) is 31.7 Å². The first kappa shape index (κ1) is 47.3. The number of methoxy groups -OCH3 is 2. The van der Waals surface area contributed by atoms with Gasteiger partial charge in [0.2, 0.25) is 33.3 Å². The van der Waals surface area contributed by atoms with Crippen LogP contribution in [0, 0.1) is 23.6 Å². The summed E-state index contributed by atoms with van der Waals surface area (Å²) in [5.41, 5.74) is -3.96. The van der Waals surface area contributed by atoms with Crippen molar-refractivity contribution in [2.75, 3.05) is 20.8 Å². The van der Waals surface area contributed by atoms with E-state index in [1.165, 1.54) is 26.4 Å². The van der Waals surface area contributed by atoms with Crippen LogP contribution in [-0.2, 0) is 29.1 Å². The molecule has 20 heteroatoms. The summed E-state index contributed by atoms with van der Waals surface area (Å²) < 4.78 is 107. The van der Waals surface area contributed by atoms with Crippen molar-refractivity contribution < 1.29 is 64.1 Å². The number of fused-ring (bicyclic) bond motifs is 3. The number of allylic oxidation sites excluding steroid dienone is 1. The van der Waals surface area contributed by atoms with Crippen molar-refractivity contribution in [1.82, 2.24) is 25.2 Å². The molecule has 65 heavy (non-hydrogen) atoms. The Morgan fingerprint density at radius 3 is 2.38 bits per heavy atom. The summed E-state index contributed by atoms with van der Waals surface area (Å²) in [6, 6.07) is 8.16. The number of alkyl halides is 3. The number of aromatic nitrogens is 1. The van der Waals surface area contributed by atoms with Crippen LogP contribution in [0.3, 0.4) is 0 Å². The van der Waals surface area contributed by atoms with E-state index in [1.807, 2.05) is 13.0 Å². The average Bonchev–Trinajstić information content (AvgIpc) is 4.17. The number of carbonyl (C=O) groups is 4. The van der Waals surface area contributed by atoms with E-state index in [4.69, 9.17) is 23.9 Å². The Morgan fingerprint density at radius 1 is 0.985 bits per heavy atom. The van der Waals surface area contributed by atoms with E-state index in [-0.39, 0.29) is 36.9 Å². The predicted molar refractivity (Wildman–Crippen MR) is 229 cm³/mol. The van der Waals surface area contributed by atoms with Crippen LogP contribution in [0.25, 0.3) is 22.0 Å². The van der Waals surface area contributed by atoms with Crippen LogP contribution >= 0.6 is 0 Å². The molecule has 0 unspecified atom stereocenters. The Labute approximate surface area is 374 Å². The first-order valence-corrected chi connectivity index (χ1v) is 23.0. The van der Waals surface area contributed by atoms with E-state index in [0.717, 1.165) is 4.90 Å². The molecule has 2 aromatic carbocycles. The topological polar surface area (TPSA) is 192 Å². The summed E-state index contributed by atoms with van der Waals surface area (Å²) in [5.74, 6) is -4.05. The number of amides is 4. The molecule has 2 aliphatic carbocycles. The van der Waals surface area contributed by atoms with Crippen molar-refractivity contribution in [2.24, 2.45) is 17.8 Å². The van der Waals surface area contributed by atoms with Crippen molar-refractivity contribution in [3.8, 4) is 28.6 Å². The number of alkyl carbamates (subject to hydrolysis) is 1. The number of nitrogens with zero attached hydrogens (tertiary/aromatic N) is 2. The number of ether oxygens (including phenoxy) is 4. The highest BCUT2D eigenvalue weighted by Gasteiger charge is 2.62. The molecule has 1 saturated heterocycles. The zero-order valence-corrected chi connectivity index (χ0v) is 37.6. The molecule has 3 aromatic rings. The van der Waals surface area contributed by atoms with Gasteiger partial charge in [-0.2, -0.15) is 13.2 Å². The van der Waals surface area contributed by atoms with Gasteiger partial charge in [0, 0.05) is 23.3 Å². The number of nitrogens with one attached hydrogen (secondary N) is 3. The van der Waals surface area contributed by atoms with Gasteiger partial charge in [-0.05, 0) is 112 Å². The minimum absolute atomic E-state index is 0.0103. The fourth-order valence-corrected chi connectivity index (χ4v) is 9.86. The zero-order chi connectivity index (χ0) is 47.2. The molecule has 0 radical (unpaired) electrons. The minimum atomic E-state index is -4.95. The summed E-state index contributed by atoms with van der Waals surface area (Å²) in [7, 11) is -1.21. The van der Waals surface area contributed by atoms with Gasteiger partial charge in [0.25, 0.3) is 5.91 Å². The maximum Gasteiger partial charge on any atom is 0.427 e. The largest absolute Gasteiger partial charge is 0.497 e.